The van der Waals surface area contributed by atoms with Gasteiger partial charge in [0.15, 0.2) is 0 Å². The summed E-state index contributed by atoms with van der Waals surface area (Å²) in [7, 11) is 1.62. The number of phenolic OH excluding ortho intramolecular Hbond substituents is 1. The zero-order chi connectivity index (χ0) is 19.9. The molecule has 2 aromatic rings. The lowest BCUT2D eigenvalue weighted by molar-refractivity contribution is 0.312. The second-order valence-electron chi connectivity index (χ2n) is 7.39. The number of aromatic hydroxyl groups is 1. The molecule has 4 heteroatoms. The summed E-state index contributed by atoms with van der Waals surface area (Å²) < 4.78 is 11.0. The second kappa shape index (κ2) is 9.26. The minimum Gasteiger partial charge on any atom is -0.507 e. The molecule has 0 aliphatic heterocycles. The standard InChI is InChI=1S/C23H29NO3/c1-6-7-8-13-27-19-11-9-18(10-12-19)24-16-17-14-20(26-5)15-21(22(17)25)23(2,3)4/h6,9-12,14-16,25H,1,7-8,13H2,2-5H3. The average molecular weight is 367 g/mol. The fraction of sp³-hybridized carbons (Fsp3) is 0.348. The number of hydrogen-bond acceptors (Lipinski definition) is 4. The number of unbranched alkanes of at least 4 members (excludes halogenated alkanes) is 1. The summed E-state index contributed by atoms with van der Waals surface area (Å²) >= 11 is 0. The highest BCUT2D eigenvalue weighted by Gasteiger charge is 2.21. The molecule has 2 rings (SSSR count). The van der Waals surface area contributed by atoms with Gasteiger partial charge in [0.25, 0.3) is 0 Å². The molecule has 0 aromatic heterocycles. The Hall–Kier alpha value is -2.75. The zero-order valence-electron chi connectivity index (χ0n) is 16.7. The Balaban J connectivity index is 2.16. The molecule has 0 amide bonds. The molecule has 2 aromatic carbocycles. The quantitative estimate of drug-likeness (QED) is 0.365. The molecule has 0 aliphatic rings. The Morgan fingerprint density at radius 3 is 2.41 bits per heavy atom. The first-order valence-electron chi connectivity index (χ1n) is 9.14. The van der Waals surface area contributed by atoms with Crippen LogP contribution in [0.4, 0.5) is 5.69 Å². The van der Waals surface area contributed by atoms with Gasteiger partial charge in [0.1, 0.15) is 17.2 Å². The molecule has 0 atom stereocenters. The van der Waals surface area contributed by atoms with E-state index in [1.165, 1.54) is 0 Å². The maximum atomic E-state index is 10.6. The van der Waals surface area contributed by atoms with Crippen LogP contribution >= 0.6 is 0 Å². The number of ether oxygens (including phenoxy) is 2. The zero-order valence-corrected chi connectivity index (χ0v) is 16.7. The molecule has 0 saturated heterocycles. The maximum Gasteiger partial charge on any atom is 0.128 e. The van der Waals surface area contributed by atoms with E-state index in [0.29, 0.717) is 17.9 Å². The van der Waals surface area contributed by atoms with Gasteiger partial charge in [0.05, 0.1) is 19.4 Å². The minimum absolute atomic E-state index is 0.203. The van der Waals surface area contributed by atoms with E-state index in [9.17, 15) is 5.11 Å². The van der Waals surface area contributed by atoms with Crippen molar-refractivity contribution in [2.45, 2.75) is 39.0 Å². The first-order chi connectivity index (χ1) is 12.8. The first-order valence-corrected chi connectivity index (χ1v) is 9.14. The van der Waals surface area contributed by atoms with Crippen LogP contribution in [0, 0.1) is 0 Å². The Labute approximate surface area is 162 Å². The van der Waals surface area contributed by atoms with Crippen LogP contribution in [0.1, 0.15) is 44.7 Å². The molecule has 1 N–H and O–H groups in total. The number of nitrogens with zero attached hydrogens (tertiary/aromatic N) is 1. The molecular formula is C23H29NO3. The van der Waals surface area contributed by atoms with E-state index in [0.717, 1.165) is 29.8 Å². The third kappa shape index (κ3) is 5.88. The van der Waals surface area contributed by atoms with Crippen LogP contribution in [0.25, 0.3) is 0 Å². The van der Waals surface area contributed by atoms with Crippen molar-refractivity contribution in [3.8, 4) is 17.2 Å². The molecule has 0 unspecified atom stereocenters. The molecule has 144 valence electrons. The number of allylic oxidation sites excluding steroid dienone is 1. The highest BCUT2D eigenvalue weighted by atomic mass is 16.5. The minimum atomic E-state index is -0.203. The van der Waals surface area contributed by atoms with Crippen LogP contribution in [0.5, 0.6) is 17.2 Å². The first kappa shape index (κ1) is 20.6. The lowest BCUT2D eigenvalue weighted by atomic mass is 9.85. The van der Waals surface area contributed by atoms with Crippen molar-refractivity contribution in [3.05, 3.63) is 60.2 Å². The van der Waals surface area contributed by atoms with Crippen LogP contribution < -0.4 is 9.47 Å². The normalized spacial score (nSPS) is 11.6. The van der Waals surface area contributed by atoms with Gasteiger partial charge in [0.2, 0.25) is 0 Å². The Kier molecular flexibility index (Phi) is 7.05. The van der Waals surface area contributed by atoms with Crippen molar-refractivity contribution in [2.75, 3.05) is 13.7 Å². The summed E-state index contributed by atoms with van der Waals surface area (Å²) in [4.78, 5) is 4.48. The number of rotatable bonds is 8. The number of phenols is 1. The molecule has 0 saturated carbocycles. The molecule has 0 radical (unpaired) electrons. The predicted octanol–water partition coefficient (Wildman–Crippen LogP) is 5.79. The van der Waals surface area contributed by atoms with Gasteiger partial charge in [-0.25, -0.2) is 0 Å². The van der Waals surface area contributed by atoms with Gasteiger partial charge in [-0.05, 0) is 54.7 Å². The van der Waals surface area contributed by atoms with Crippen molar-refractivity contribution in [1.82, 2.24) is 0 Å². The number of benzene rings is 2. The van der Waals surface area contributed by atoms with E-state index in [2.05, 4.69) is 32.3 Å². The average Bonchev–Trinajstić information content (AvgIpc) is 2.64. The summed E-state index contributed by atoms with van der Waals surface area (Å²) in [5.74, 6) is 1.74. The lowest BCUT2D eigenvalue weighted by Gasteiger charge is -2.22. The topological polar surface area (TPSA) is 51.0 Å². The van der Waals surface area contributed by atoms with Crippen molar-refractivity contribution >= 4 is 11.9 Å². The van der Waals surface area contributed by atoms with Gasteiger partial charge in [0, 0.05) is 17.3 Å². The molecule has 0 heterocycles. The fourth-order valence-corrected chi connectivity index (χ4v) is 2.61. The molecule has 0 fully saturated rings. The van der Waals surface area contributed by atoms with Crippen LogP contribution in [-0.2, 0) is 5.41 Å². The van der Waals surface area contributed by atoms with Gasteiger partial charge in [-0.15, -0.1) is 6.58 Å². The largest absolute Gasteiger partial charge is 0.507 e. The lowest BCUT2D eigenvalue weighted by Crippen LogP contribution is -2.12. The predicted molar refractivity (Wildman–Crippen MR) is 112 cm³/mol. The molecule has 0 bridgehead atoms. The molecule has 4 nitrogen and oxygen atoms in total. The van der Waals surface area contributed by atoms with Crippen molar-refractivity contribution < 1.29 is 14.6 Å². The van der Waals surface area contributed by atoms with Gasteiger partial charge < -0.3 is 14.6 Å². The van der Waals surface area contributed by atoms with Gasteiger partial charge in [-0.2, -0.15) is 0 Å². The fourth-order valence-electron chi connectivity index (χ4n) is 2.61. The Bertz CT molecular complexity index is 787. The summed E-state index contributed by atoms with van der Waals surface area (Å²) in [6.45, 7) is 10.5. The van der Waals surface area contributed by atoms with E-state index in [1.807, 2.05) is 36.4 Å². The molecule has 0 spiro atoms. The number of aliphatic imine (C=N–C) groups is 1. The highest BCUT2D eigenvalue weighted by Crippen LogP contribution is 2.36. The molecule has 27 heavy (non-hydrogen) atoms. The van der Waals surface area contributed by atoms with Crippen LogP contribution in [0.2, 0.25) is 0 Å². The van der Waals surface area contributed by atoms with E-state index in [1.54, 1.807) is 19.4 Å². The number of hydrogen-bond donors (Lipinski definition) is 1. The van der Waals surface area contributed by atoms with Gasteiger partial charge in [-0.1, -0.05) is 26.8 Å². The summed E-state index contributed by atoms with van der Waals surface area (Å²) in [6.07, 6.45) is 5.45. The summed E-state index contributed by atoms with van der Waals surface area (Å²) in [5.41, 5.74) is 2.04. The Morgan fingerprint density at radius 2 is 1.81 bits per heavy atom. The van der Waals surface area contributed by atoms with Crippen LogP contribution in [0.3, 0.4) is 0 Å². The highest BCUT2D eigenvalue weighted by molar-refractivity contribution is 5.87. The third-order valence-electron chi connectivity index (χ3n) is 4.17. The maximum absolute atomic E-state index is 10.6. The Morgan fingerprint density at radius 1 is 1.11 bits per heavy atom. The van der Waals surface area contributed by atoms with Crippen LogP contribution in [0.15, 0.2) is 54.0 Å². The number of methoxy groups -OCH3 is 1. The van der Waals surface area contributed by atoms with Crippen LogP contribution in [-0.4, -0.2) is 25.0 Å². The SMILES string of the molecule is C=CCCCOc1ccc(N=Cc2cc(OC)cc(C(C)(C)C)c2O)cc1. The van der Waals surface area contributed by atoms with E-state index < -0.39 is 0 Å². The van der Waals surface area contributed by atoms with E-state index in [4.69, 9.17) is 9.47 Å². The van der Waals surface area contributed by atoms with E-state index >= 15 is 0 Å². The summed E-state index contributed by atoms with van der Waals surface area (Å²) in [5, 5.41) is 10.6. The molecular weight excluding hydrogens is 338 g/mol. The van der Waals surface area contributed by atoms with Crippen molar-refractivity contribution in [3.63, 3.8) is 0 Å². The molecule has 0 aliphatic carbocycles. The van der Waals surface area contributed by atoms with Gasteiger partial charge in [-0.3, -0.25) is 4.99 Å². The van der Waals surface area contributed by atoms with E-state index in [-0.39, 0.29) is 11.2 Å². The monoisotopic (exact) mass is 367 g/mol. The second-order valence-corrected chi connectivity index (χ2v) is 7.39. The van der Waals surface area contributed by atoms with Crippen molar-refractivity contribution in [2.24, 2.45) is 4.99 Å². The van der Waals surface area contributed by atoms with Crippen molar-refractivity contribution in [1.29, 1.82) is 0 Å². The summed E-state index contributed by atoms with van der Waals surface area (Å²) in [6, 6.07) is 11.2. The third-order valence-corrected chi connectivity index (χ3v) is 4.17. The van der Waals surface area contributed by atoms with Gasteiger partial charge >= 0.3 is 0 Å². The smallest absolute Gasteiger partial charge is 0.128 e.